The normalized spacial score (nSPS) is 11.2. The molecule has 2 aromatic carbocycles. The molecule has 0 bridgehead atoms. The number of aliphatic hydroxyl groups excluding tert-OH is 1. The van der Waals surface area contributed by atoms with Crippen molar-refractivity contribution in [2.24, 2.45) is 0 Å². The first-order chi connectivity index (χ1) is 15.9. The van der Waals surface area contributed by atoms with Gasteiger partial charge in [-0.15, -0.1) is 11.3 Å². The molecular formula is C22H23ClN6O3S. The summed E-state index contributed by atoms with van der Waals surface area (Å²) in [4.78, 5) is 34.6. The number of hydrogen-bond acceptors (Lipinski definition) is 8. The van der Waals surface area contributed by atoms with E-state index in [1.807, 2.05) is 37.3 Å². The van der Waals surface area contributed by atoms with Crippen molar-refractivity contribution in [1.29, 1.82) is 0 Å². The molecule has 0 unspecified atom stereocenters. The molecule has 3 N–H and O–H groups in total. The maximum Gasteiger partial charge on any atom is 0.354 e. The van der Waals surface area contributed by atoms with E-state index >= 15 is 0 Å². The zero-order chi connectivity index (χ0) is 23.4. The minimum absolute atomic E-state index is 0.0273. The molecule has 0 spiro atoms. The molecule has 0 aliphatic rings. The van der Waals surface area contributed by atoms with Crippen molar-refractivity contribution >= 4 is 44.8 Å². The number of nitrogens with zero attached hydrogens (tertiary/aromatic N) is 4. The monoisotopic (exact) mass is 486 g/mol. The van der Waals surface area contributed by atoms with E-state index in [1.54, 1.807) is 23.5 Å². The molecule has 172 valence electrons. The van der Waals surface area contributed by atoms with E-state index in [0.29, 0.717) is 23.8 Å². The molecule has 4 rings (SSSR count). The topological polar surface area (TPSA) is 114 Å². The smallest absolute Gasteiger partial charge is 0.354 e. The van der Waals surface area contributed by atoms with Crippen LogP contribution in [0.25, 0.3) is 10.2 Å². The van der Waals surface area contributed by atoms with Gasteiger partial charge in [-0.05, 0) is 42.8 Å². The number of benzene rings is 2. The van der Waals surface area contributed by atoms with Gasteiger partial charge in [0.05, 0.1) is 28.4 Å². The van der Waals surface area contributed by atoms with Crippen LogP contribution in [0.3, 0.4) is 0 Å². The maximum absolute atomic E-state index is 13.3. The number of hydrogen-bond donors (Lipinski definition) is 3. The Morgan fingerprint density at radius 1 is 1.06 bits per heavy atom. The average Bonchev–Trinajstić information content (AvgIpc) is 3.16. The Kier molecular flexibility index (Phi) is 7.19. The minimum Gasteiger partial charge on any atom is -0.395 e. The van der Waals surface area contributed by atoms with E-state index in [1.165, 1.54) is 4.57 Å². The van der Waals surface area contributed by atoms with Crippen molar-refractivity contribution in [3.05, 3.63) is 79.0 Å². The van der Waals surface area contributed by atoms with Crippen LogP contribution in [-0.2, 0) is 13.1 Å². The standard InChI is InChI=1S/C22H23ClN6O3S/c1-14-25-18-7-6-17(12-19(18)33-14)26-20-27-21(31)28(10-8-24-9-11-30)22(32)29(20)13-15-2-4-16(23)5-3-15/h2-7,12,24,30H,8-11,13H2,1H3,(H,26,27,31). The Labute approximate surface area is 198 Å². The van der Waals surface area contributed by atoms with Gasteiger partial charge in [-0.1, -0.05) is 23.7 Å². The molecule has 0 saturated heterocycles. The molecule has 11 heteroatoms. The Morgan fingerprint density at radius 3 is 2.61 bits per heavy atom. The van der Waals surface area contributed by atoms with Crippen molar-refractivity contribution in [2.45, 2.75) is 20.0 Å². The van der Waals surface area contributed by atoms with Crippen LogP contribution in [0, 0.1) is 6.92 Å². The van der Waals surface area contributed by atoms with Gasteiger partial charge in [0.2, 0.25) is 5.95 Å². The summed E-state index contributed by atoms with van der Waals surface area (Å²) < 4.78 is 3.51. The van der Waals surface area contributed by atoms with Crippen LogP contribution in [0.5, 0.6) is 0 Å². The number of halogens is 1. The molecule has 0 aliphatic carbocycles. The zero-order valence-electron chi connectivity index (χ0n) is 17.9. The van der Waals surface area contributed by atoms with Crippen LogP contribution in [0.15, 0.2) is 52.1 Å². The van der Waals surface area contributed by atoms with E-state index in [0.717, 1.165) is 25.4 Å². The van der Waals surface area contributed by atoms with Crippen LogP contribution < -0.4 is 22.0 Å². The van der Waals surface area contributed by atoms with Gasteiger partial charge in [-0.3, -0.25) is 4.57 Å². The largest absolute Gasteiger partial charge is 0.395 e. The van der Waals surface area contributed by atoms with Crippen molar-refractivity contribution in [3.63, 3.8) is 0 Å². The third kappa shape index (κ3) is 5.48. The van der Waals surface area contributed by atoms with Gasteiger partial charge in [-0.25, -0.2) is 19.1 Å². The zero-order valence-corrected chi connectivity index (χ0v) is 19.5. The highest BCUT2D eigenvalue weighted by Gasteiger charge is 2.14. The highest BCUT2D eigenvalue weighted by atomic mass is 35.5. The number of aliphatic hydroxyl groups is 1. The van der Waals surface area contributed by atoms with Crippen LogP contribution in [0.2, 0.25) is 5.02 Å². The van der Waals surface area contributed by atoms with Gasteiger partial charge in [0.25, 0.3) is 0 Å². The Morgan fingerprint density at radius 2 is 1.85 bits per heavy atom. The third-order valence-electron chi connectivity index (χ3n) is 4.96. The number of rotatable bonds is 9. The average molecular weight is 487 g/mol. The Balaban J connectivity index is 1.72. The highest BCUT2D eigenvalue weighted by Crippen LogP contribution is 2.26. The molecule has 33 heavy (non-hydrogen) atoms. The number of aromatic nitrogens is 4. The lowest BCUT2D eigenvalue weighted by molar-refractivity contribution is 0.291. The number of thiazole rings is 1. The summed E-state index contributed by atoms with van der Waals surface area (Å²) >= 11 is 7.56. The molecule has 2 heterocycles. The maximum atomic E-state index is 13.3. The van der Waals surface area contributed by atoms with Crippen molar-refractivity contribution < 1.29 is 5.11 Å². The fourth-order valence-electron chi connectivity index (χ4n) is 3.37. The Bertz CT molecular complexity index is 1380. The van der Waals surface area contributed by atoms with E-state index < -0.39 is 11.4 Å². The van der Waals surface area contributed by atoms with Crippen LogP contribution in [0.4, 0.5) is 11.6 Å². The van der Waals surface area contributed by atoms with Crippen molar-refractivity contribution in [3.8, 4) is 0 Å². The minimum atomic E-state index is -0.643. The van der Waals surface area contributed by atoms with E-state index in [9.17, 15) is 9.59 Å². The molecule has 0 radical (unpaired) electrons. The highest BCUT2D eigenvalue weighted by molar-refractivity contribution is 7.18. The van der Waals surface area contributed by atoms with Gasteiger partial charge in [-0.2, -0.15) is 4.98 Å². The lowest BCUT2D eigenvalue weighted by Crippen LogP contribution is -2.44. The SMILES string of the molecule is Cc1nc2ccc(Nc3nc(=O)n(CCNCCO)c(=O)n3Cc3ccc(Cl)cc3)cc2s1. The van der Waals surface area contributed by atoms with Crippen molar-refractivity contribution in [1.82, 2.24) is 24.4 Å². The van der Waals surface area contributed by atoms with Gasteiger partial charge < -0.3 is 15.7 Å². The predicted octanol–water partition coefficient (Wildman–Crippen LogP) is 2.35. The second-order valence-corrected chi connectivity index (χ2v) is 9.05. The molecule has 2 aromatic heterocycles. The second-order valence-electron chi connectivity index (χ2n) is 7.38. The first-order valence-electron chi connectivity index (χ1n) is 10.4. The van der Waals surface area contributed by atoms with Gasteiger partial charge in [0.1, 0.15) is 0 Å². The lowest BCUT2D eigenvalue weighted by Gasteiger charge is -2.16. The quantitative estimate of drug-likeness (QED) is 0.311. The molecule has 0 aliphatic heterocycles. The first kappa shape index (κ1) is 23.1. The number of nitrogens with one attached hydrogen (secondary N) is 2. The van der Waals surface area contributed by atoms with Crippen LogP contribution in [-0.4, -0.2) is 43.9 Å². The molecule has 9 nitrogen and oxygen atoms in total. The predicted molar refractivity (Wildman–Crippen MR) is 131 cm³/mol. The molecule has 0 saturated carbocycles. The number of aryl methyl sites for hydroxylation is 1. The summed E-state index contributed by atoms with van der Waals surface area (Å²) in [7, 11) is 0. The van der Waals surface area contributed by atoms with Gasteiger partial charge in [0.15, 0.2) is 0 Å². The summed E-state index contributed by atoms with van der Waals surface area (Å²) in [5.41, 5.74) is 1.30. The van der Waals surface area contributed by atoms with Crippen LogP contribution >= 0.6 is 22.9 Å². The van der Waals surface area contributed by atoms with Crippen LogP contribution in [0.1, 0.15) is 10.6 Å². The third-order valence-corrected chi connectivity index (χ3v) is 6.14. The lowest BCUT2D eigenvalue weighted by atomic mass is 10.2. The van der Waals surface area contributed by atoms with Gasteiger partial charge >= 0.3 is 11.4 Å². The number of anilines is 2. The van der Waals surface area contributed by atoms with Crippen molar-refractivity contribution in [2.75, 3.05) is 25.0 Å². The summed E-state index contributed by atoms with van der Waals surface area (Å²) in [5, 5.41) is 16.6. The molecule has 4 aromatic rings. The van der Waals surface area contributed by atoms with E-state index in [-0.39, 0.29) is 25.6 Å². The molecular weight excluding hydrogens is 464 g/mol. The Hall–Kier alpha value is -3.05. The summed E-state index contributed by atoms with van der Waals surface area (Å²) in [6.45, 7) is 2.99. The molecule has 0 fully saturated rings. The fourth-order valence-corrected chi connectivity index (χ4v) is 4.37. The molecule has 0 atom stereocenters. The van der Waals surface area contributed by atoms with E-state index in [2.05, 4.69) is 20.6 Å². The number of fused-ring (bicyclic) bond motifs is 1. The first-order valence-corrected chi connectivity index (χ1v) is 11.6. The summed E-state index contributed by atoms with van der Waals surface area (Å²) in [5.74, 6) is 0.153. The van der Waals surface area contributed by atoms with E-state index in [4.69, 9.17) is 16.7 Å². The summed E-state index contributed by atoms with van der Waals surface area (Å²) in [6, 6.07) is 12.8. The molecule has 0 amide bonds. The summed E-state index contributed by atoms with van der Waals surface area (Å²) in [6.07, 6.45) is 0. The fraction of sp³-hybridized carbons (Fsp3) is 0.273. The van der Waals surface area contributed by atoms with Gasteiger partial charge in [0, 0.05) is 30.3 Å². The second kappa shape index (κ2) is 10.3.